The molecule has 178 valence electrons. The molecule has 1 aliphatic heterocycles. The number of carbonyl (C=O) groups is 2. The number of nitrogens with zero attached hydrogens (tertiary/aromatic N) is 1. The maximum absolute atomic E-state index is 13.9. The van der Waals surface area contributed by atoms with E-state index in [1.165, 1.54) is 7.11 Å². The normalized spacial score (nSPS) is 15.3. The number of esters is 1. The van der Waals surface area contributed by atoms with Crippen LogP contribution in [0.3, 0.4) is 0 Å². The van der Waals surface area contributed by atoms with Crippen molar-refractivity contribution in [2.75, 3.05) is 19.1 Å². The summed E-state index contributed by atoms with van der Waals surface area (Å²) >= 11 is 0. The van der Waals surface area contributed by atoms with E-state index >= 15 is 0 Å². The second-order valence-corrected chi connectivity index (χ2v) is 8.17. The lowest BCUT2D eigenvalue weighted by atomic mass is 9.99. The van der Waals surface area contributed by atoms with Gasteiger partial charge in [-0.15, -0.1) is 0 Å². The number of ether oxygens (including phenoxy) is 2. The molecule has 7 heteroatoms. The van der Waals surface area contributed by atoms with Crippen molar-refractivity contribution in [1.29, 1.82) is 5.41 Å². The summed E-state index contributed by atoms with van der Waals surface area (Å²) in [6.07, 6.45) is 0.846. The van der Waals surface area contributed by atoms with Gasteiger partial charge in [0.25, 0.3) is 5.91 Å². The number of carbonyl (C=O) groups excluding carboxylic acids is 2. The average Bonchev–Trinajstić information content (AvgIpc) is 3.19. The smallest absolute Gasteiger partial charge is 0.305 e. The van der Waals surface area contributed by atoms with Gasteiger partial charge in [0.15, 0.2) is 0 Å². The molecule has 0 radical (unpaired) electrons. The standard InChI is InChI=1S/C28H27N3O4/c1-34-23(32)17-10-18-8-11-19(12-9-18)24-26(35-2)25(20-6-4-3-5-7-20)31(28(24)33)22-15-13-21(14-16-22)27(29)30/h3-9,11-16,25H,10,17H2,1-2H3,(H3,29,30). The van der Waals surface area contributed by atoms with E-state index in [2.05, 4.69) is 0 Å². The van der Waals surface area contributed by atoms with E-state index < -0.39 is 6.04 Å². The number of nitrogens with one attached hydrogen (secondary N) is 1. The second kappa shape index (κ2) is 10.3. The van der Waals surface area contributed by atoms with Crippen molar-refractivity contribution >= 4 is 29.0 Å². The summed E-state index contributed by atoms with van der Waals surface area (Å²) in [7, 11) is 2.95. The van der Waals surface area contributed by atoms with Crippen molar-refractivity contribution in [3.8, 4) is 0 Å². The number of hydrogen-bond acceptors (Lipinski definition) is 5. The first-order chi connectivity index (χ1) is 16.9. The van der Waals surface area contributed by atoms with Crippen LogP contribution < -0.4 is 10.6 Å². The first-order valence-electron chi connectivity index (χ1n) is 11.2. The monoisotopic (exact) mass is 469 g/mol. The molecule has 0 aromatic heterocycles. The number of methoxy groups -OCH3 is 2. The van der Waals surface area contributed by atoms with Crippen molar-refractivity contribution in [3.05, 3.63) is 107 Å². The average molecular weight is 470 g/mol. The molecule has 1 amide bonds. The highest BCUT2D eigenvalue weighted by molar-refractivity contribution is 6.30. The predicted molar refractivity (Wildman–Crippen MR) is 135 cm³/mol. The van der Waals surface area contributed by atoms with Crippen molar-refractivity contribution in [3.63, 3.8) is 0 Å². The molecule has 3 aromatic carbocycles. The fourth-order valence-corrected chi connectivity index (χ4v) is 4.27. The minimum Gasteiger partial charge on any atom is -0.498 e. The molecule has 0 spiro atoms. The number of aryl methyl sites for hydroxylation is 1. The molecule has 4 rings (SSSR count). The van der Waals surface area contributed by atoms with Crippen LogP contribution in [0.1, 0.15) is 34.7 Å². The Hall–Kier alpha value is -4.39. The van der Waals surface area contributed by atoms with Gasteiger partial charge in [-0.25, -0.2) is 0 Å². The third-order valence-electron chi connectivity index (χ3n) is 6.07. The third-order valence-corrected chi connectivity index (χ3v) is 6.07. The van der Waals surface area contributed by atoms with Gasteiger partial charge in [-0.1, -0.05) is 54.6 Å². The van der Waals surface area contributed by atoms with E-state index in [1.54, 1.807) is 36.3 Å². The Morgan fingerprint density at radius 1 is 0.971 bits per heavy atom. The summed E-state index contributed by atoms with van der Waals surface area (Å²) in [6, 6.07) is 23.9. The van der Waals surface area contributed by atoms with Crippen LogP contribution in [0.2, 0.25) is 0 Å². The summed E-state index contributed by atoms with van der Waals surface area (Å²) in [5, 5.41) is 7.66. The molecule has 0 fully saturated rings. The van der Waals surface area contributed by atoms with Crippen molar-refractivity contribution in [2.24, 2.45) is 5.73 Å². The maximum Gasteiger partial charge on any atom is 0.305 e. The van der Waals surface area contributed by atoms with Gasteiger partial charge in [-0.05, 0) is 47.4 Å². The minimum absolute atomic E-state index is 0.0346. The molecule has 7 nitrogen and oxygen atoms in total. The van der Waals surface area contributed by atoms with Gasteiger partial charge in [0.05, 0.1) is 19.8 Å². The van der Waals surface area contributed by atoms with Crippen LogP contribution >= 0.6 is 0 Å². The predicted octanol–water partition coefficient (Wildman–Crippen LogP) is 4.22. The van der Waals surface area contributed by atoms with Gasteiger partial charge in [0.2, 0.25) is 0 Å². The zero-order chi connectivity index (χ0) is 24.9. The highest BCUT2D eigenvalue weighted by Crippen LogP contribution is 2.44. The van der Waals surface area contributed by atoms with Gasteiger partial charge in [0.1, 0.15) is 17.6 Å². The fourth-order valence-electron chi connectivity index (χ4n) is 4.27. The Balaban J connectivity index is 1.75. The highest BCUT2D eigenvalue weighted by Gasteiger charge is 2.42. The summed E-state index contributed by atoms with van der Waals surface area (Å²) in [4.78, 5) is 27.1. The van der Waals surface area contributed by atoms with E-state index in [0.717, 1.165) is 16.7 Å². The van der Waals surface area contributed by atoms with Gasteiger partial charge < -0.3 is 15.2 Å². The summed E-state index contributed by atoms with van der Waals surface area (Å²) in [5.41, 5.74) is 9.97. The molecule has 0 saturated carbocycles. The quantitative estimate of drug-likeness (QED) is 0.292. The lowest BCUT2D eigenvalue weighted by Crippen LogP contribution is -2.30. The van der Waals surface area contributed by atoms with Gasteiger partial charge in [0, 0.05) is 17.7 Å². The first kappa shape index (κ1) is 23.8. The molecule has 3 aromatic rings. The summed E-state index contributed by atoms with van der Waals surface area (Å²) in [6.45, 7) is 0. The van der Waals surface area contributed by atoms with E-state index in [0.29, 0.717) is 35.4 Å². The molecule has 3 N–H and O–H groups in total. The number of amidine groups is 1. The molecule has 1 unspecified atom stereocenters. The number of hydrogen-bond donors (Lipinski definition) is 2. The Morgan fingerprint density at radius 3 is 2.20 bits per heavy atom. The van der Waals surface area contributed by atoms with E-state index in [1.807, 2.05) is 54.6 Å². The van der Waals surface area contributed by atoms with E-state index in [9.17, 15) is 9.59 Å². The topological polar surface area (TPSA) is 106 Å². The van der Waals surface area contributed by atoms with Crippen LogP contribution in [-0.2, 0) is 25.5 Å². The van der Waals surface area contributed by atoms with Crippen molar-refractivity contribution in [2.45, 2.75) is 18.9 Å². The molecule has 1 atom stereocenters. The van der Waals surface area contributed by atoms with Crippen LogP contribution in [0.15, 0.2) is 84.6 Å². The van der Waals surface area contributed by atoms with Crippen LogP contribution in [-0.4, -0.2) is 31.9 Å². The Kier molecular flexibility index (Phi) is 6.96. The van der Waals surface area contributed by atoms with Gasteiger partial charge in [-0.2, -0.15) is 0 Å². The van der Waals surface area contributed by atoms with Crippen LogP contribution in [0.5, 0.6) is 0 Å². The first-order valence-corrected chi connectivity index (χ1v) is 11.2. The zero-order valence-corrected chi connectivity index (χ0v) is 19.7. The zero-order valence-electron chi connectivity index (χ0n) is 19.7. The van der Waals surface area contributed by atoms with Gasteiger partial charge >= 0.3 is 5.97 Å². The molecule has 0 saturated heterocycles. The largest absolute Gasteiger partial charge is 0.498 e. The summed E-state index contributed by atoms with van der Waals surface area (Å²) in [5.74, 6) is 0.0712. The third kappa shape index (κ3) is 4.80. The number of nitrogens with two attached hydrogens (primary N) is 1. The molecule has 1 aliphatic rings. The van der Waals surface area contributed by atoms with Gasteiger partial charge in [-0.3, -0.25) is 19.9 Å². The second-order valence-electron chi connectivity index (χ2n) is 8.17. The SMILES string of the molecule is COC(=O)CCc1ccc(C2=C(OC)C(c3ccccc3)N(c3ccc(C(=N)N)cc3)C2=O)cc1. The highest BCUT2D eigenvalue weighted by atomic mass is 16.5. The molecule has 35 heavy (non-hydrogen) atoms. The van der Waals surface area contributed by atoms with Crippen molar-refractivity contribution in [1.82, 2.24) is 0 Å². The fraction of sp³-hybridized carbons (Fsp3) is 0.179. The maximum atomic E-state index is 13.9. The number of rotatable bonds is 8. The lowest BCUT2D eigenvalue weighted by Gasteiger charge is -2.27. The molecule has 1 heterocycles. The number of nitrogen functional groups attached to an aromatic ring is 1. The Labute approximate surface area is 204 Å². The molecular weight excluding hydrogens is 442 g/mol. The summed E-state index contributed by atoms with van der Waals surface area (Å²) < 4.78 is 10.6. The van der Waals surface area contributed by atoms with Crippen LogP contribution in [0, 0.1) is 5.41 Å². The molecule has 0 aliphatic carbocycles. The van der Waals surface area contributed by atoms with Crippen LogP contribution in [0.25, 0.3) is 5.57 Å². The van der Waals surface area contributed by atoms with E-state index in [-0.39, 0.29) is 17.7 Å². The number of benzene rings is 3. The molecule has 0 bridgehead atoms. The number of amides is 1. The minimum atomic E-state index is -0.453. The van der Waals surface area contributed by atoms with Crippen LogP contribution in [0.4, 0.5) is 5.69 Å². The molecular formula is C28H27N3O4. The van der Waals surface area contributed by atoms with Crippen molar-refractivity contribution < 1.29 is 19.1 Å². The van der Waals surface area contributed by atoms with E-state index in [4.69, 9.17) is 20.6 Å². The number of anilines is 1. The Morgan fingerprint density at radius 2 is 1.63 bits per heavy atom. The Bertz CT molecular complexity index is 1270. The lowest BCUT2D eigenvalue weighted by molar-refractivity contribution is -0.140.